The Hall–Kier alpha value is -5.71. The van der Waals surface area contributed by atoms with Crippen LogP contribution in [-0.4, -0.2) is 88.5 Å². The number of thioether (sulfide) groups is 2. The third-order valence-electron chi connectivity index (χ3n) is 9.56. The number of nitrogens with one attached hydrogen (secondary N) is 3. The lowest BCUT2D eigenvalue weighted by Crippen LogP contribution is -2.46. The maximum Gasteiger partial charge on any atom is 0.257 e. The van der Waals surface area contributed by atoms with E-state index in [0.29, 0.717) is 37.4 Å². The lowest BCUT2D eigenvalue weighted by atomic mass is 10.0. The van der Waals surface area contributed by atoms with E-state index < -0.39 is 17.5 Å². The lowest BCUT2D eigenvalue weighted by Gasteiger charge is -2.32. The first-order chi connectivity index (χ1) is 28.6. The van der Waals surface area contributed by atoms with Crippen molar-refractivity contribution < 1.29 is 37.7 Å². The maximum absolute atomic E-state index is 13.9. The van der Waals surface area contributed by atoms with Crippen molar-refractivity contribution in [1.82, 2.24) is 30.8 Å². The van der Waals surface area contributed by atoms with E-state index in [0.717, 1.165) is 60.2 Å². The number of halogens is 2. The van der Waals surface area contributed by atoms with Crippen LogP contribution >= 0.6 is 23.5 Å². The number of rotatable bonds is 11. The van der Waals surface area contributed by atoms with Crippen molar-refractivity contribution in [2.24, 2.45) is 0 Å². The fourth-order valence-corrected chi connectivity index (χ4v) is 7.34. The topological polar surface area (TPSA) is 155 Å². The predicted molar refractivity (Wildman–Crippen MR) is 223 cm³/mol. The molecule has 12 nitrogen and oxygen atoms in total. The molecule has 0 radical (unpaired) electrons. The Balaban J connectivity index is 0.000000208. The third-order valence-corrected chi connectivity index (χ3v) is 11.0. The standard InChI is InChI=1S/C25H24FN3O4S.C18H20FN3O2S/c1-34-19-6-4-5-18(14-19)33-24-21(13-16(26)15-27-24)23(31)28-17-9-11-29(12-10-17)25(32)20-7-2-3-8-22(20)30;1-25-15-4-2-3-14(10-15)24-18-16(9-12(19)11-21-18)17(23)22-13-5-7-20-8-6-13/h2-8,13-15,17,30H,9-12H2,1H3,(H,28,31);2-4,9-11,13,20H,5-8H2,1H3,(H,22,23). The number of carbonyl (C=O) groups is 3. The number of ether oxygens (including phenoxy) is 2. The monoisotopic (exact) mass is 842 g/mol. The molecular weight excluding hydrogens is 799 g/mol. The number of hydrogen-bond donors (Lipinski definition) is 4. The molecule has 16 heteroatoms. The van der Waals surface area contributed by atoms with Gasteiger partial charge in [-0.1, -0.05) is 24.3 Å². The molecule has 0 aliphatic carbocycles. The second-order valence-electron chi connectivity index (χ2n) is 13.6. The fraction of sp³-hybridized carbons (Fsp3) is 0.279. The number of piperidine rings is 2. The van der Waals surface area contributed by atoms with Gasteiger partial charge < -0.3 is 35.4 Å². The van der Waals surface area contributed by atoms with Gasteiger partial charge in [0.25, 0.3) is 17.7 Å². The lowest BCUT2D eigenvalue weighted by molar-refractivity contribution is 0.0694. The highest BCUT2D eigenvalue weighted by Gasteiger charge is 2.27. The number of nitrogens with zero attached hydrogens (tertiary/aromatic N) is 3. The Kier molecular flexibility index (Phi) is 15.1. The normalized spacial score (nSPS) is 14.4. The van der Waals surface area contributed by atoms with Crippen molar-refractivity contribution >= 4 is 41.2 Å². The van der Waals surface area contributed by atoms with Gasteiger partial charge in [-0.25, -0.2) is 18.7 Å². The SMILES string of the molecule is CSc1cccc(Oc2ncc(F)cc2C(=O)NC2CCN(C(=O)c3ccccc3O)CC2)c1.CSc1cccc(Oc2ncc(F)cc2C(=O)NC2CCNCC2)c1. The largest absolute Gasteiger partial charge is 0.507 e. The fourth-order valence-electron chi connectivity index (χ4n) is 6.44. The van der Waals surface area contributed by atoms with Gasteiger partial charge >= 0.3 is 0 Å². The van der Waals surface area contributed by atoms with Crippen molar-refractivity contribution in [2.75, 3.05) is 38.7 Å². The van der Waals surface area contributed by atoms with Crippen LogP contribution < -0.4 is 25.4 Å². The van der Waals surface area contributed by atoms with Crippen LogP contribution in [0.3, 0.4) is 0 Å². The average Bonchev–Trinajstić information content (AvgIpc) is 3.26. The molecule has 0 atom stereocenters. The Morgan fingerprint density at radius 2 is 1.19 bits per heavy atom. The molecule has 2 aromatic heterocycles. The molecule has 0 unspecified atom stereocenters. The van der Waals surface area contributed by atoms with Crippen LogP contribution in [0.1, 0.15) is 56.8 Å². The third kappa shape index (κ3) is 11.9. The summed E-state index contributed by atoms with van der Waals surface area (Å²) in [5.41, 5.74) is 0.360. The van der Waals surface area contributed by atoms with Gasteiger partial charge in [-0.3, -0.25) is 14.4 Å². The van der Waals surface area contributed by atoms with E-state index in [2.05, 4.69) is 25.9 Å². The second kappa shape index (κ2) is 20.8. The summed E-state index contributed by atoms with van der Waals surface area (Å²) in [6.45, 7) is 2.56. The molecule has 4 N–H and O–H groups in total. The van der Waals surface area contributed by atoms with Gasteiger partial charge in [0.1, 0.15) is 40.0 Å². The Morgan fingerprint density at radius 1 is 0.695 bits per heavy atom. The molecule has 0 saturated carbocycles. The van der Waals surface area contributed by atoms with Crippen LogP contribution in [0.5, 0.6) is 29.0 Å². The summed E-state index contributed by atoms with van der Waals surface area (Å²) in [6, 6.07) is 23.3. The molecule has 0 spiro atoms. The van der Waals surface area contributed by atoms with Crippen molar-refractivity contribution in [1.29, 1.82) is 0 Å². The molecular formula is C43H44F2N6O6S2. The second-order valence-corrected chi connectivity index (χ2v) is 15.4. The Bertz CT molecular complexity index is 2250. The summed E-state index contributed by atoms with van der Waals surface area (Å²) >= 11 is 3.13. The number of amides is 3. The highest BCUT2D eigenvalue weighted by Crippen LogP contribution is 2.29. The maximum atomic E-state index is 13.9. The zero-order valence-corrected chi connectivity index (χ0v) is 34.1. The first-order valence-corrected chi connectivity index (χ1v) is 21.4. The molecule has 5 aromatic rings. The molecule has 2 saturated heterocycles. The highest BCUT2D eigenvalue weighted by molar-refractivity contribution is 7.98. The summed E-state index contributed by atoms with van der Waals surface area (Å²) in [6.07, 6.45) is 8.71. The predicted octanol–water partition coefficient (Wildman–Crippen LogP) is 7.69. The number of hydrogen-bond acceptors (Lipinski definition) is 11. The van der Waals surface area contributed by atoms with Gasteiger partial charge in [0.2, 0.25) is 11.8 Å². The average molecular weight is 843 g/mol. The van der Waals surface area contributed by atoms with E-state index in [9.17, 15) is 28.3 Å². The van der Waals surface area contributed by atoms with E-state index in [1.54, 1.807) is 58.8 Å². The van der Waals surface area contributed by atoms with Gasteiger partial charge in [-0.15, -0.1) is 23.5 Å². The Labute approximate surface area is 349 Å². The summed E-state index contributed by atoms with van der Waals surface area (Å²) in [4.78, 5) is 49.8. The molecule has 4 heterocycles. The highest BCUT2D eigenvalue weighted by atomic mass is 32.2. The summed E-state index contributed by atoms with van der Waals surface area (Å²) < 4.78 is 39.1. The smallest absolute Gasteiger partial charge is 0.257 e. The Morgan fingerprint density at radius 3 is 1.68 bits per heavy atom. The van der Waals surface area contributed by atoms with Crippen molar-refractivity contribution in [3.8, 4) is 29.0 Å². The first kappa shape index (κ1) is 42.9. The van der Waals surface area contributed by atoms with Gasteiger partial charge in [0, 0.05) is 35.0 Å². The quantitative estimate of drug-likeness (QED) is 0.0968. The minimum Gasteiger partial charge on any atom is -0.507 e. The van der Waals surface area contributed by atoms with Gasteiger partial charge in [0.15, 0.2) is 0 Å². The molecule has 7 rings (SSSR count). The molecule has 308 valence electrons. The van der Waals surface area contributed by atoms with Crippen LogP contribution in [0.25, 0.3) is 0 Å². The number of phenolic OH excluding ortho intramolecular Hbond substituents is 1. The first-order valence-electron chi connectivity index (χ1n) is 18.9. The van der Waals surface area contributed by atoms with Crippen LogP contribution in [0.2, 0.25) is 0 Å². The van der Waals surface area contributed by atoms with Crippen LogP contribution in [0.4, 0.5) is 8.78 Å². The van der Waals surface area contributed by atoms with E-state index in [4.69, 9.17) is 9.47 Å². The zero-order valence-electron chi connectivity index (χ0n) is 32.5. The van der Waals surface area contributed by atoms with E-state index in [-0.39, 0.29) is 58.1 Å². The molecule has 2 fully saturated rings. The van der Waals surface area contributed by atoms with E-state index in [1.165, 1.54) is 6.07 Å². The van der Waals surface area contributed by atoms with Crippen LogP contribution in [0.15, 0.2) is 107 Å². The molecule has 59 heavy (non-hydrogen) atoms. The number of pyridine rings is 2. The van der Waals surface area contributed by atoms with Gasteiger partial charge in [-0.2, -0.15) is 0 Å². The van der Waals surface area contributed by atoms with Crippen molar-refractivity contribution in [3.05, 3.63) is 126 Å². The molecule has 3 amide bonds. The molecule has 2 aliphatic rings. The number of aromatic nitrogens is 2. The summed E-state index contributed by atoms with van der Waals surface area (Å²) in [5, 5.41) is 19.0. The van der Waals surface area contributed by atoms with Gasteiger partial charge in [-0.05, 0) is 112 Å². The van der Waals surface area contributed by atoms with Crippen molar-refractivity contribution in [2.45, 2.75) is 47.6 Å². The minimum atomic E-state index is -0.640. The number of benzene rings is 3. The van der Waals surface area contributed by atoms with Crippen molar-refractivity contribution in [3.63, 3.8) is 0 Å². The number of likely N-dealkylation sites (tertiary alicyclic amines) is 1. The van der Waals surface area contributed by atoms with Crippen LogP contribution in [0, 0.1) is 11.6 Å². The van der Waals surface area contributed by atoms with Crippen LogP contribution in [-0.2, 0) is 0 Å². The van der Waals surface area contributed by atoms with E-state index in [1.807, 2.05) is 48.9 Å². The number of phenols is 1. The number of para-hydroxylation sites is 1. The minimum absolute atomic E-state index is 0.00210. The van der Waals surface area contributed by atoms with Gasteiger partial charge in [0.05, 0.1) is 18.0 Å². The number of carbonyl (C=O) groups excluding carboxylic acids is 3. The molecule has 3 aromatic carbocycles. The zero-order chi connectivity index (χ0) is 41.7. The van der Waals surface area contributed by atoms with E-state index >= 15 is 0 Å². The molecule has 2 aliphatic heterocycles. The summed E-state index contributed by atoms with van der Waals surface area (Å²) in [7, 11) is 0. The number of aromatic hydroxyl groups is 1. The molecule has 0 bridgehead atoms. The summed E-state index contributed by atoms with van der Waals surface area (Å²) in [5.74, 6) is -1.20.